The van der Waals surface area contributed by atoms with Gasteiger partial charge in [0.05, 0.1) is 17.4 Å². The van der Waals surface area contributed by atoms with Crippen molar-refractivity contribution < 1.29 is 44.8 Å². The zero-order valence-corrected chi connectivity index (χ0v) is 14.4. The van der Waals surface area contributed by atoms with E-state index in [0.717, 1.165) is 0 Å². The third-order valence-corrected chi connectivity index (χ3v) is 5.12. The maximum atomic E-state index is 10.1. The van der Waals surface area contributed by atoms with Crippen LogP contribution in [0.15, 0.2) is 0 Å². The van der Waals surface area contributed by atoms with E-state index >= 15 is 0 Å². The third-order valence-electron chi connectivity index (χ3n) is 4.02. The Morgan fingerprint density at radius 2 is 1.75 bits per heavy atom. The quantitative estimate of drug-likeness (QED) is 0.273. The Labute approximate surface area is 152 Å². The molecule has 0 radical (unpaired) electrons. The maximum absolute atomic E-state index is 10.1. The number of aliphatic hydroxyl groups is 6. The maximum Gasteiger partial charge on any atom is 0.224 e. The Balaban J connectivity index is 2.20. The second kappa shape index (κ2) is 8.03. The van der Waals surface area contributed by atoms with Crippen molar-refractivity contribution in [1.82, 2.24) is 0 Å². The van der Waals surface area contributed by atoms with Gasteiger partial charge < -0.3 is 44.8 Å². The first-order valence-electron chi connectivity index (χ1n) is 7.05. The van der Waals surface area contributed by atoms with Gasteiger partial charge in [-0.15, -0.1) is 23.2 Å². The third kappa shape index (κ3) is 3.64. The highest BCUT2D eigenvalue weighted by molar-refractivity contribution is 6.23. The highest BCUT2D eigenvalue weighted by atomic mass is 35.5. The predicted octanol–water partition coefficient (Wildman–Crippen LogP) is -2.34. The van der Waals surface area contributed by atoms with Crippen molar-refractivity contribution in [3.8, 4) is 0 Å². The average molecular weight is 414 g/mol. The van der Waals surface area contributed by atoms with Crippen LogP contribution in [0.4, 0.5) is 0 Å². The van der Waals surface area contributed by atoms with Crippen LogP contribution in [0.5, 0.6) is 0 Å². The predicted molar refractivity (Wildman–Crippen MR) is 80.7 cm³/mol. The first-order valence-corrected chi connectivity index (χ1v) is 8.45. The molecule has 2 saturated heterocycles. The van der Waals surface area contributed by atoms with Crippen LogP contribution in [0.2, 0.25) is 0 Å². The molecular weight excluding hydrogens is 394 g/mol. The van der Waals surface area contributed by atoms with Gasteiger partial charge in [0, 0.05) is 0 Å². The molecule has 0 aromatic carbocycles. The molecule has 0 amide bonds. The molecule has 2 rings (SSSR count). The Morgan fingerprint density at radius 3 is 2.21 bits per heavy atom. The van der Waals surface area contributed by atoms with Crippen molar-refractivity contribution in [3.63, 3.8) is 0 Å². The first kappa shape index (κ1) is 20.8. The summed E-state index contributed by atoms with van der Waals surface area (Å²) in [5.74, 6) is -2.37. The van der Waals surface area contributed by atoms with Gasteiger partial charge in [-0.05, 0) is 0 Å². The number of halogens is 3. The van der Waals surface area contributed by atoms with Crippen molar-refractivity contribution in [2.24, 2.45) is 0 Å². The van der Waals surface area contributed by atoms with Crippen LogP contribution in [-0.4, -0.2) is 103 Å². The summed E-state index contributed by atoms with van der Waals surface area (Å²) in [6, 6.07) is 0. The molecule has 12 heteroatoms. The van der Waals surface area contributed by atoms with E-state index in [1.54, 1.807) is 0 Å². The van der Waals surface area contributed by atoms with Crippen molar-refractivity contribution in [2.75, 3.05) is 12.5 Å². The molecular formula is C12H19Cl3O9. The van der Waals surface area contributed by atoms with E-state index in [9.17, 15) is 30.6 Å². The van der Waals surface area contributed by atoms with E-state index in [2.05, 4.69) is 0 Å². The molecule has 0 bridgehead atoms. The van der Waals surface area contributed by atoms with Crippen LogP contribution in [-0.2, 0) is 14.2 Å². The molecule has 1 unspecified atom stereocenters. The van der Waals surface area contributed by atoms with E-state index < -0.39 is 66.2 Å². The summed E-state index contributed by atoms with van der Waals surface area (Å²) in [4.78, 5) is 0. The van der Waals surface area contributed by atoms with Gasteiger partial charge in [0.15, 0.2) is 11.9 Å². The summed E-state index contributed by atoms with van der Waals surface area (Å²) in [7, 11) is 0. The number of rotatable bonds is 5. The van der Waals surface area contributed by atoms with Gasteiger partial charge in [0.25, 0.3) is 0 Å². The van der Waals surface area contributed by atoms with E-state index in [1.165, 1.54) is 0 Å². The lowest BCUT2D eigenvalue weighted by atomic mass is 10.0. The molecule has 0 aromatic heterocycles. The van der Waals surface area contributed by atoms with Crippen LogP contribution in [0.3, 0.4) is 0 Å². The van der Waals surface area contributed by atoms with Gasteiger partial charge in [-0.2, -0.15) is 0 Å². The largest absolute Gasteiger partial charge is 0.391 e. The van der Waals surface area contributed by atoms with E-state index in [0.29, 0.717) is 0 Å². The molecule has 2 aliphatic heterocycles. The van der Waals surface area contributed by atoms with Crippen LogP contribution in [0.25, 0.3) is 0 Å². The number of aliphatic hydroxyl groups excluding tert-OH is 6. The molecule has 24 heavy (non-hydrogen) atoms. The average Bonchev–Trinajstić information content (AvgIpc) is 2.81. The molecule has 0 aromatic rings. The SMILES string of the molecule is OC[C@@]1(O[C@H]2O[C@H](CCl)[C@H](Cl)[C@H](O)[C@H]2O)O[C@H](C(O)Cl)[C@@H](O)[C@@H]1O. The lowest BCUT2D eigenvalue weighted by Gasteiger charge is -2.43. The summed E-state index contributed by atoms with van der Waals surface area (Å²) < 4.78 is 15.8. The van der Waals surface area contributed by atoms with E-state index in [1.807, 2.05) is 0 Å². The highest BCUT2D eigenvalue weighted by Crippen LogP contribution is 2.38. The monoisotopic (exact) mass is 412 g/mol. The summed E-state index contributed by atoms with van der Waals surface area (Å²) in [6.07, 6.45) is -10.6. The minimum Gasteiger partial charge on any atom is -0.391 e. The number of hydrogen-bond donors (Lipinski definition) is 6. The fourth-order valence-corrected chi connectivity index (χ4v) is 3.46. The second-order valence-electron chi connectivity index (χ2n) is 5.60. The molecule has 6 N–H and O–H groups in total. The zero-order chi connectivity index (χ0) is 18.2. The molecule has 0 saturated carbocycles. The standard InChI is InChI=1S/C12H19Cl3O9/c13-1-3-4(14)5(17)6(18)11(22-3)24-12(2-16)9(20)7(19)8(23-12)10(15)21/h3-11,16-21H,1-2H2/t3-,4+,5+,6-,7-,8+,9+,10?,11-,12+/m1/s1. The molecule has 10 atom stereocenters. The normalized spacial score (nSPS) is 50.9. The van der Waals surface area contributed by atoms with Crippen molar-refractivity contribution in [3.05, 3.63) is 0 Å². The van der Waals surface area contributed by atoms with Crippen LogP contribution < -0.4 is 0 Å². The zero-order valence-electron chi connectivity index (χ0n) is 12.2. The van der Waals surface area contributed by atoms with Crippen LogP contribution in [0.1, 0.15) is 0 Å². The topological polar surface area (TPSA) is 149 Å². The van der Waals surface area contributed by atoms with Crippen molar-refractivity contribution in [2.45, 2.75) is 59.6 Å². The number of hydrogen-bond acceptors (Lipinski definition) is 9. The van der Waals surface area contributed by atoms with Gasteiger partial charge in [-0.25, -0.2) is 0 Å². The minimum atomic E-state index is -2.25. The van der Waals surface area contributed by atoms with Crippen molar-refractivity contribution >= 4 is 34.8 Å². The fourth-order valence-electron chi connectivity index (χ4n) is 2.61. The fraction of sp³-hybridized carbons (Fsp3) is 1.00. The summed E-state index contributed by atoms with van der Waals surface area (Å²) in [5, 5.41) is 57.9. The minimum absolute atomic E-state index is 0.126. The van der Waals surface area contributed by atoms with E-state index in [4.69, 9.17) is 49.0 Å². The smallest absolute Gasteiger partial charge is 0.224 e. The Bertz CT molecular complexity index is 429. The summed E-state index contributed by atoms with van der Waals surface area (Å²) in [6.45, 7) is -0.968. The Hall–Kier alpha value is 0.510. The van der Waals surface area contributed by atoms with Gasteiger partial charge in [-0.1, -0.05) is 11.6 Å². The molecule has 2 fully saturated rings. The molecule has 0 aliphatic carbocycles. The van der Waals surface area contributed by atoms with Crippen LogP contribution >= 0.6 is 34.8 Å². The van der Waals surface area contributed by atoms with E-state index in [-0.39, 0.29) is 5.88 Å². The highest BCUT2D eigenvalue weighted by Gasteiger charge is 2.59. The van der Waals surface area contributed by atoms with Gasteiger partial charge in [0.2, 0.25) is 5.79 Å². The lowest BCUT2D eigenvalue weighted by molar-refractivity contribution is -0.370. The molecule has 2 aliphatic rings. The first-order chi connectivity index (χ1) is 11.2. The second-order valence-corrected chi connectivity index (χ2v) is 6.86. The van der Waals surface area contributed by atoms with Crippen LogP contribution in [0, 0.1) is 0 Å². The van der Waals surface area contributed by atoms with Gasteiger partial charge in [0.1, 0.15) is 37.1 Å². The van der Waals surface area contributed by atoms with Crippen molar-refractivity contribution in [1.29, 1.82) is 0 Å². The van der Waals surface area contributed by atoms with Gasteiger partial charge >= 0.3 is 0 Å². The van der Waals surface area contributed by atoms with Gasteiger partial charge in [-0.3, -0.25) is 0 Å². The molecule has 9 nitrogen and oxygen atoms in total. The lowest BCUT2D eigenvalue weighted by Crippen LogP contribution is -2.61. The number of ether oxygens (including phenoxy) is 3. The Kier molecular flexibility index (Phi) is 6.97. The summed E-state index contributed by atoms with van der Waals surface area (Å²) >= 11 is 17.0. The molecule has 2 heterocycles. The molecule has 142 valence electrons. The number of alkyl halides is 3. The molecule has 0 spiro atoms. The summed E-state index contributed by atoms with van der Waals surface area (Å²) in [5.41, 5.74) is -1.70. The Morgan fingerprint density at radius 1 is 1.12 bits per heavy atom.